The summed E-state index contributed by atoms with van der Waals surface area (Å²) in [6.07, 6.45) is 4.30. The number of hydrogen-bond donors (Lipinski definition) is 0. The molecule has 0 saturated heterocycles. The van der Waals surface area contributed by atoms with E-state index in [1.54, 1.807) is 24.3 Å². The van der Waals surface area contributed by atoms with E-state index in [0.717, 1.165) is 12.8 Å². The molecular formula is C21H19NO3. The van der Waals surface area contributed by atoms with Crippen molar-refractivity contribution in [3.63, 3.8) is 0 Å². The Balaban J connectivity index is 1.74. The van der Waals surface area contributed by atoms with Gasteiger partial charge in [0.25, 0.3) is 0 Å². The Kier molecular flexibility index (Phi) is 4.85. The molecule has 1 aliphatic rings. The quantitative estimate of drug-likeness (QED) is 0.555. The van der Waals surface area contributed by atoms with E-state index < -0.39 is 11.5 Å². The number of carbonyl (C=O) groups excluding carboxylic acids is 1. The van der Waals surface area contributed by atoms with E-state index in [0.29, 0.717) is 17.1 Å². The average Bonchev–Trinajstić information content (AvgIpc) is 3.42. The normalized spacial score (nSPS) is 16.0. The van der Waals surface area contributed by atoms with E-state index in [1.807, 2.05) is 49.4 Å². The molecule has 0 bridgehead atoms. The van der Waals surface area contributed by atoms with Crippen molar-refractivity contribution in [1.82, 2.24) is 0 Å². The van der Waals surface area contributed by atoms with Crippen molar-refractivity contribution in [3.05, 3.63) is 72.3 Å². The third kappa shape index (κ3) is 3.89. The van der Waals surface area contributed by atoms with Crippen LogP contribution < -0.4 is 4.74 Å². The monoisotopic (exact) mass is 333 g/mol. The summed E-state index contributed by atoms with van der Waals surface area (Å²) in [4.78, 5) is 12.4. The van der Waals surface area contributed by atoms with Crippen molar-refractivity contribution >= 4 is 5.97 Å². The van der Waals surface area contributed by atoms with E-state index in [1.165, 1.54) is 0 Å². The van der Waals surface area contributed by atoms with Gasteiger partial charge in [-0.15, -0.1) is 0 Å². The summed E-state index contributed by atoms with van der Waals surface area (Å²) >= 11 is 0. The highest BCUT2D eigenvalue weighted by Crippen LogP contribution is 2.49. The Hall–Kier alpha value is -3.06. The maximum absolute atomic E-state index is 12.4. The molecule has 4 heteroatoms. The second kappa shape index (κ2) is 7.23. The molecule has 0 amide bonds. The number of benzene rings is 2. The lowest BCUT2D eigenvalue weighted by atomic mass is 10.1. The molecule has 1 atom stereocenters. The summed E-state index contributed by atoms with van der Waals surface area (Å²) in [5.74, 6) is 0.955. The summed E-state index contributed by atoms with van der Waals surface area (Å²) in [7, 11) is 0. The van der Waals surface area contributed by atoms with Crippen LogP contribution in [-0.4, -0.2) is 5.97 Å². The molecule has 126 valence electrons. The van der Waals surface area contributed by atoms with Crippen LogP contribution in [0.15, 0.2) is 66.7 Å². The molecule has 0 spiro atoms. The Bertz CT molecular complexity index is 817. The van der Waals surface area contributed by atoms with Crippen LogP contribution in [0.2, 0.25) is 0 Å². The summed E-state index contributed by atoms with van der Waals surface area (Å²) < 4.78 is 11.2. The van der Waals surface area contributed by atoms with Gasteiger partial charge in [0.05, 0.1) is 5.41 Å². The molecule has 0 N–H and O–H groups in total. The number of ether oxygens (including phenoxy) is 2. The summed E-state index contributed by atoms with van der Waals surface area (Å²) in [6.45, 7) is 1.87. The number of para-hydroxylation sites is 1. The highest BCUT2D eigenvalue weighted by atomic mass is 16.5. The first-order valence-corrected chi connectivity index (χ1v) is 8.24. The van der Waals surface area contributed by atoms with Crippen LogP contribution >= 0.6 is 0 Å². The predicted molar refractivity (Wildman–Crippen MR) is 93.9 cm³/mol. The lowest BCUT2D eigenvalue weighted by molar-refractivity contribution is -0.151. The first-order valence-electron chi connectivity index (χ1n) is 8.24. The fourth-order valence-corrected chi connectivity index (χ4v) is 2.65. The van der Waals surface area contributed by atoms with E-state index in [4.69, 9.17) is 9.47 Å². The zero-order chi connectivity index (χ0) is 17.7. The van der Waals surface area contributed by atoms with Gasteiger partial charge in [0.2, 0.25) is 6.10 Å². The molecule has 2 aromatic rings. The first-order chi connectivity index (χ1) is 12.2. The van der Waals surface area contributed by atoms with E-state index >= 15 is 0 Å². The van der Waals surface area contributed by atoms with Crippen molar-refractivity contribution in [2.24, 2.45) is 5.41 Å². The number of nitriles is 1. The van der Waals surface area contributed by atoms with Crippen molar-refractivity contribution in [3.8, 4) is 17.6 Å². The maximum atomic E-state index is 12.4. The fraction of sp³-hybridized carbons (Fsp3) is 0.238. The second-order valence-corrected chi connectivity index (χ2v) is 6.06. The first kappa shape index (κ1) is 16.8. The number of allylic oxidation sites excluding steroid dienone is 1. The van der Waals surface area contributed by atoms with Crippen LogP contribution in [0.5, 0.6) is 11.5 Å². The number of carbonyl (C=O) groups is 1. The number of rotatable bonds is 6. The molecule has 0 aliphatic heterocycles. The minimum Gasteiger partial charge on any atom is -0.457 e. The molecule has 0 unspecified atom stereocenters. The number of hydrogen-bond acceptors (Lipinski definition) is 4. The van der Waals surface area contributed by atoms with Gasteiger partial charge in [-0.2, -0.15) is 5.26 Å². The van der Waals surface area contributed by atoms with Gasteiger partial charge < -0.3 is 9.47 Å². The molecule has 1 saturated carbocycles. The highest BCUT2D eigenvalue weighted by Gasteiger charge is 2.49. The third-order valence-electron chi connectivity index (χ3n) is 4.16. The van der Waals surface area contributed by atoms with Crippen LogP contribution in [0.1, 0.15) is 31.4 Å². The average molecular weight is 333 g/mol. The standard InChI is InChI=1S/C21H19NO3/c1-2-11-21(12-13-21)20(23)25-19(15-22)16-7-6-10-18(14-16)24-17-8-4-3-5-9-17/h2-11,14,19H,12-13H2,1H3/t19-/m1/s1. The highest BCUT2D eigenvalue weighted by molar-refractivity contribution is 5.82. The molecule has 1 fully saturated rings. The zero-order valence-corrected chi connectivity index (χ0v) is 14.0. The molecule has 0 radical (unpaired) electrons. The summed E-state index contributed by atoms with van der Waals surface area (Å²) in [5, 5.41) is 9.44. The van der Waals surface area contributed by atoms with Crippen LogP contribution in [0.25, 0.3) is 0 Å². The Morgan fingerprint density at radius 2 is 1.88 bits per heavy atom. The minimum absolute atomic E-state index is 0.341. The smallest absolute Gasteiger partial charge is 0.317 e. The van der Waals surface area contributed by atoms with E-state index in [-0.39, 0.29) is 5.97 Å². The van der Waals surface area contributed by atoms with Crippen LogP contribution in [0, 0.1) is 16.7 Å². The van der Waals surface area contributed by atoms with E-state index in [9.17, 15) is 10.1 Å². The lowest BCUT2D eigenvalue weighted by Gasteiger charge is -2.16. The molecule has 4 nitrogen and oxygen atoms in total. The molecule has 0 heterocycles. The van der Waals surface area contributed by atoms with Crippen molar-refractivity contribution in [1.29, 1.82) is 5.26 Å². The van der Waals surface area contributed by atoms with Gasteiger partial charge in [-0.05, 0) is 44.0 Å². The molecular weight excluding hydrogens is 314 g/mol. The van der Waals surface area contributed by atoms with Gasteiger partial charge in [-0.3, -0.25) is 4.79 Å². The van der Waals surface area contributed by atoms with Crippen molar-refractivity contribution in [2.45, 2.75) is 25.9 Å². The Morgan fingerprint density at radius 1 is 1.16 bits per heavy atom. The van der Waals surface area contributed by atoms with E-state index in [2.05, 4.69) is 6.07 Å². The van der Waals surface area contributed by atoms with Crippen molar-refractivity contribution in [2.75, 3.05) is 0 Å². The molecule has 3 rings (SSSR count). The molecule has 0 aromatic heterocycles. The van der Waals surface area contributed by atoms with Gasteiger partial charge in [0.15, 0.2) is 0 Å². The van der Waals surface area contributed by atoms with Crippen LogP contribution in [0.3, 0.4) is 0 Å². The number of nitrogens with zero attached hydrogens (tertiary/aromatic N) is 1. The predicted octanol–water partition coefficient (Wildman–Crippen LogP) is 4.94. The number of esters is 1. The van der Waals surface area contributed by atoms with Gasteiger partial charge in [0, 0.05) is 5.56 Å². The van der Waals surface area contributed by atoms with Crippen molar-refractivity contribution < 1.29 is 14.3 Å². The molecule has 25 heavy (non-hydrogen) atoms. The zero-order valence-electron chi connectivity index (χ0n) is 14.0. The second-order valence-electron chi connectivity index (χ2n) is 6.06. The SMILES string of the molecule is CC=CC1(C(=O)O[C@H](C#N)c2cccc(Oc3ccccc3)c2)CC1. The summed E-state index contributed by atoms with van der Waals surface area (Å²) in [5.41, 5.74) is 0.0581. The summed E-state index contributed by atoms with van der Waals surface area (Å²) in [6, 6.07) is 18.5. The Morgan fingerprint density at radius 3 is 2.52 bits per heavy atom. The van der Waals surface area contributed by atoms with Gasteiger partial charge in [-0.1, -0.05) is 42.5 Å². The molecule has 1 aliphatic carbocycles. The third-order valence-corrected chi connectivity index (χ3v) is 4.16. The largest absolute Gasteiger partial charge is 0.457 e. The maximum Gasteiger partial charge on any atom is 0.317 e. The van der Waals surface area contributed by atoms with Crippen LogP contribution in [0.4, 0.5) is 0 Å². The van der Waals surface area contributed by atoms with Gasteiger partial charge in [-0.25, -0.2) is 0 Å². The Labute approximate surface area is 147 Å². The molecule has 2 aromatic carbocycles. The van der Waals surface area contributed by atoms with Gasteiger partial charge >= 0.3 is 5.97 Å². The van der Waals surface area contributed by atoms with Crippen LogP contribution in [-0.2, 0) is 9.53 Å². The lowest BCUT2D eigenvalue weighted by Crippen LogP contribution is -2.19. The minimum atomic E-state index is -0.949. The van der Waals surface area contributed by atoms with Gasteiger partial charge in [0.1, 0.15) is 17.6 Å². The fourth-order valence-electron chi connectivity index (χ4n) is 2.65. The topological polar surface area (TPSA) is 59.3 Å².